The number of amides is 1. The van der Waals surface area contributed by atoms with Gasteiger partial charge in [-0.2, -0.15) is 0 Å². The molecule has 0 aliphatic carbocycles. The zero-order valence-electron chi connectivity index (χ0n) is 13.2. The van der Waals surface area contributed by atoms with Crippen LogP contribution in [0, 0.1) is 6.92 Å². The maximum absolute atomic E-state index is 12.2. The third kappa shape index (κ3) is 4.13. The van der Waals surface area contributed by atoms with Crippen molar-refractivity contribution in [2.24, 2.45) is 5.14 Å². The molecule has 3 N–H and O–H groups in total. The number of sulfonamides is 1. The van der Waals surface area contributed by atoms with E-state index in [0.717, 1.165) is 20.5 Å². The molecule has 0 aliphatic rings. The fourth-order valence-corrected chi connectivity index (χ4v) is 4.47. The quantitative estimate of drug-likeness (QED) is 0.696. The molecule has 2 aromatic heterocycles. The number of thiazole rings is 1. The molecular formula is C16H15N3O3S3. The van der Waals surface area contributed by atoms with Crippen molar-refractivity contribution in [2.75, 3.05) is 0 Å². The van der Waals surface area contributed by atoms with Gasteiger partial charge in [-0.1, -0.05) is 6.07 Å². The minimum Gasteiger partial charge on any atom is -0.347 e. The Morgan fingerprint density at radius 3 is 2.56 bits per heavy atom. The molecule has 1 aromatic carbocycles. The number of rotatable bonds is 5. The smallest absolute Gasteiger partial charge is 0.251 e. The molecule has 130 valence electrons. The van der Waals surface area contributed by atoms with E-state index in [1.165, 1.54) is 24.3 Å². The Morgan fingerprint density at radius 1 is 1.24 bits per heavy atom. The lowest BCUT2D eigenvalue weighted by Gasteiger charge is -2.05. The highest BCUT2D eigenvalue weighted by Crippen LogP contribution is 2.30. The number of aromatic nitrogens is 1. The largest absolute Gasteiger partial charge is 0.347 e. The number of benzene rings is 1. The summed E-state index contributed by atoms with van der Waals surface area (Å²) < 4.78 is 22.5. The minimum atomic E-state index is -3.76. The number of thiophene rings is 1. The first-order chi connectivity index (χ1) is 11.8. The van der Waals surface area contributed by atoms with E-state index in [9.17, 15) is 13.2 Å². The van der Waals surface area contributed by atoms with E-state index in [-0.39, 0.29) is 10.8 Å². The van der Waals surface area contributed by atoms with Crippen LogP contribution in [-0.4, -0.2) is 19.3 Å². The van der Waals surface area contributed by atoms with E-state index in [1.54, 1.807) is 22.7 Å². The molecule has 3 rings (SSSR count). The summed E-state index contributed by atoms with van der Waals surface area (Å²) in [6, 6.07) is 9.49. The molecule has 6 nitrogen and oxygen atoms in total. The Bertz CT molecular complexity index is 991. The topological polar surface area (TPSA) is 102 Å². The van der Waals surface area contributed by atoms with Crippen LogP contribution in [-0.2, 0) is 16.6 Å². The summed E-state index contributed by atoms with van der Waals surface area (Å²) >= 11 is 3.17. The summed E-state index contributed by atoms with van der Waals surface area (Å²) in [5.41, 5.74) is 1.26. The molecular weight excluding hydrogens is 378 g/mol. The number of hydrogen-bond donors (Lipinski definition) is 2. The molecule has 0 saturated heterocycles. The van der Waals surface area contributed by atoms with Crippen LogP contribution < -0.4 is 10.5 Å². The standard InChI is InChI=1S/C16H15N3O3S3/c1-10-14(24-16(19-10)13-3-2-8-23-13)9-18-15(20)11-4-6-12(7-5-11)25(17,21)22/h2-8H,9H2,1H3,(H,18,20)(H2,17,21,22). The first kappa shape index (κ1) is 17.7. The number of nitrogens with zero attached hydrogens (tertiary/aromatic N) is 1. The Hall–Kier alpha value is -2.07. The van der Waals surface area contributed by atoms with Crippen molar-refractivity contribution in [1.29, 1.82) is 0 Å². The zero-order chi connectivity index (χ0) is 18.0. The van der Waals surface area contributed by atoms with Crippen molar-refractivity contribution in [2.45, 2.75) is 18.4 Å². The van der Waals surface area contributed by atoms with Gasteiger partial charge in [0.25, 0.3) is 5.91 Å². The maximum atomic E-state index is 12.2. The number of primary sulfonamides is 1. The van der Waals surface area contributed by atoms with Crippen LogP contribution in [0.5, 0.6) is 0 Å². The summed E-state index contributed by atoms with van der Waals surface area (Å²) in [6.45, 7) is 2.28. The third-order valence-corrected chi connectivity index (χ3v) is 6.60. The fraction of sp³-hybridized carbons (Fsp3) is 0.125. The predicted octanol–water partition coefficient (Wildman–Crippen LogP) is 2.76. The van der Waals surface area contributed by atoms with Crippen molar-refractivity contribution in [3.63, 3.8) is 0 Å². The summed E-state index contributed by atoms with van der Waals surface area (Å²) in [4.78, 5) is 18.8. The van der Waals surface area contributed by atoms with Crippen LogP contribution in [0.1, 0.15) is 20.9 Å². The number of hydrogen-bond acceptors (Lipinski definition) is 6. The first-order valence-electron chi connectivity index (χ1n) is 7.26. The Balaban J connectivity index is 1.68. The predicted molar refractivity (Wildman–Crippen MR) is 99.1 cm³/mol. The van der Waals surface area contributed by atoms with Crippen LogP contribution in [0.3, 0.4) is 0 Å². The Labute approximate surface area is 153 Å². The molecule has 0 aliphatic heterocycles. The average molecular weight is 394 g/mol. The van der Waals surface area contributed by atoms with Crippen LogP contribution in [0.4, 0.5) is 0 Å². The summed E-state index contributed by atoms with van der Waals surface area (Å²) in [6.07, 6.45) is 0. The highest BCUT2D eigenvalue weighted by atomic mass is 32.2. The second-order valence-corrected chi connectivity index (χ2v) is 8.85. The summed E-state index contributed by atoms with van der Waals surface area (Å²) in [5, 5.41) is 10.8. The first-order valence-corrected chi connectivity index (χ1v) is 10.5. The molecule has 0 spiro atoms. The summed E-state index contributed by atoms with van der Waals surface area (Å²) in [5.74, 6) is -0.286. The average Bonchev–Trinajstić information content (AvgIpc) is 3.21. The van der Waals surface area contributed by atoms with E-state index in [1.807, 2.05) is 24.4 Å². The number of aryl methyl sites for hydroxylation is 1. The fourth-order valence-electron chi connectivity index (χ4n) is 2.16. The van der Waals surface area contributed by atoms with Crippen molar-refractivity contribution >= 4 is 38.6 Å². The van der Waals surface area contributed by atoms with Crippen molar-refractivity contribution in [3.05, 3.63) is 57.9 Å². The van der Waals surface area contributed by atoms with E-state index < -0.39 is 10.0 Å². The van der Waals surface area contributed by atoms with Gasteiger partial charge in [0.15, 0.2) is 0 Å². The number of carbonyl (C=O) groups excluding carboxylic acids is 1. The molecule has 9 heteroatoms. The lowest BCUT2D eigenvalue weighted by molar-refractivity contribution is 0.0951. The monoisotopic (exact) mass is 393 g/mol. The van der Waals surface area contributed by atoms with Gasteiger partial charge >= 0.3 is 0 Å². The van der Waals surface area contributed by atoms with E-state index in [4.69, 9.17) is 5.14 Å². The highest BCUT2D eigenvalue weighted by molar-refractivity contribution is 7.89. The maximum Gasteiger partial charge on any atom is 0.251 e. The second-order valence-electron chi connectivity index (χ2n) is 5.26. The van der Waals surface area contributed by atoms with Gasteiger partial charge in [-0.3, -0.25) is 4.79 Å². The van der Waals surface area contributed by atoms with Crippen LogP contribution >= 0.6 is 22.7 Å². The molecule has 0 fully saturated rings. The molecule has 3 aromatic rings. The third-order valence-electron chi connectivity index (χ3n) is 3.48. The Kier molecular flexibility index (Phi) is 5.00. The molecule has 1 amide bonds. The van der Waals surface area contributed by atoms with Crippen LogP contribution in [0.15, 0.2) is 46.7 Å². The number of carbonyl (C=O) groups is 1. The van der Waals surface area contributed by atoms with Gasteiger partial charge in [-0.05, 0) is 42.6 Å². The molecule has 2 heterocycles. The minimum absolute atomic E-state index is 0.0251. The second kappa shape index (κ2) is 7.04. The van der Waals surface area contributed by atoms with Gasteiger partial charge < -0.3 is 5.32 Å². The molecule has 0 bridgehead atoms. The molecule has 0 saturated carbocycles. The van der Waals surface area contributed by atoms with Gasteiger partial charge in [-0.25, -0.2) is 18.5 Å². The molecule has 0 radical (unpaired) electrons. The van der Waals surface area contributed by atoms with Gasteiger partial charge in [0.2, 0.25) is 10.0 Å². The van der Waals surface area contributed by atoms with Crippen LogP contribution in [0.2, 0.25) is 0 Å². The van der Waals surface area contributed by atoms with Crippen LogP contribution in [0.25, 0.3) is 9.88 Å². The van der Waals surface area contributed by atoms with Gasteiger partial charge in [0, 0.05) is 10.4 Å². The number of nitrogens with two attached hydrogens (primary N) is 1. The van der Waals surface area contributed by atoms with Crippen molar-refractivity contribution in [3.8, 4) is 9.88 Å². The van der Waals surface area contributed by atoms with E-state index in [0.29, 0.717) is 12.1 Å². The lowest BCUT2D eigenvalue weighted by Crippen LogP contribution is -2.22. The normalized spacial score (nSPS) is 11.4. The van der Waals surface area contributed by atoms with Gasteiger partial charge in [-0.15, -0.1) is 22.7 Å². The van der Waals surface area contributed by atoms with Gasteiger partial charge in [0.1, 0.15) is 5.01 Å². The summed E-state index contributed by atoms with van der Waals surface area (Å²) in [7, 11) is -3.76. The number of nitrogens with one attached hydrogen (secondary N) is 1. The Morgan fingerprint density at radius 2 is 1.96 bits per heavy atom. The van der Waals surface area contributed by atoms with E-state index >= 15 is 0 Å². The van der Waals surface area contributed by atoms with Crippen molar-refractivity contribution < 1.29 is 13.2 Å². The highest BCUT2D eigenvalue weighted by Gasteiger charge is 2.13. The lowest BCUT2D eigenvalue weighted by atomic mass is 10.2. The SMILES string of the molecule is Cc1nc(-c2cccs2)sc1CNC(=O)c1ccc(S(N)(=O)=O)cc1. The molecule has 25 heavy (non-hydrogen) atoms. The van der Waals surface area contributed by atoms with Gasteiger partial charge in [0.05, 0.1) is 22.0 Å². The molecule has 0 atom stereocenters. The van der Waals surface area contributed by atoms with Crippen molar-refractivity contribution in [1.82, 2.24) is 10.3 Å². The van der Waals surface area contributed by atoms with E-state index in [2.05, 4.69) is 10.3 Å². The molecule has 0 unspecified atom stereocenters. The zero-order valence-corrected chi connectivity index (χ0v) is 15.7.